The van der Waals surface area contributed by atoms with Gasteiger partial charge in [0.05, 0.1) is 0 Å². The number of amides is 1. The van der Waals surface area contributed by atoms with Gasteiger partial charge in [-0.3, -0.25) is 9.78 Å². The summed E-state index contributed by atoms with van der Waals surface area (Å²) in [4.78, 5) is 14.9. The highest BCUT2D eigenvalue weighted by molar-refractivity contribution is 5.91. The molecule has 1 heterocycles. The van der Waals surface area contributed by atoms with Gasteiger partial charge in [0.1, 0.15) is 5.69 Å². The van der Waals surface area contributed by atoms with E-state index in [4.69, 9.17) is 11.5 Å². The van der Waals surface area contributed by atoms with Crippen molar-refractivity contribution in [3.05, 3.63) is 53.9 Å². The lowest BCUT2D eigenvalue weighted by Crippen LogP contribution is -2.12. The molecule has 2 aromatic rings. The molecule has 1 aromatic heterocycles. The molecule has 2 rings (SSSR count). The molecular weight excluding hydrogens is 228 g/mol. The number of pyridine rings is 1. The van der Waals surface area contributed by atoms with E-state index < -0.39 is 5.91 Å². The average molecular weight is 242 g/mol. The molecule has 1 aromatic carbocycles. The Morgan fingerprint density at radius 1 is 1.17 bits per heavy atom. The van der Waals surface area contributed by atoms with Crippen LogP contribution in [0.4, 0.5) is 11.4 Å². The van der Waals surface area contributed by atoms with Crippen molar-refractivity contribution in [3.63, 3.8) is 0 Å². The van der Waals surface area contributed by atoms with Gasteiger partial charge in [-0.05, 0) is 29.8 Å². The number of primary amides is 1. The fourth-order valence-corrected chi connectivity index (χ4v) is 1.53. The quantitative estimate of drug-likeness (QED) is 0.755. The van der Waals surface area contributed by atoms with Gasteiger partial charge < -0.3 is 16.8 Å². The number of nitrogens with one attached hydrogen (secondary N) is 1. The zero-order valence-electron chi connectivity index (χ0n) is 9.76. The van der Waals surface area contributed by atoms with Crippen LogP contribution in [0.3, 0.4) is 0 Å². The van der Waals surface area contributed by atoms with Gasteiger partial charge in [-0.2, -0.15) is 0 Å². The highest BCUT2D eigenvalue weighted by Crippen LogP contribution is 2.17. The van der Waals surface area contributed by atoms with Crippen LogP contribution in [0, 0.1) is 0 Å². The first kappa shape index (κ1) is 12.1. The molecule has 0 saturated heterocycles. The van der Waals surface area contributed by atoms with Crippen molar-refractivity contribution in [2.45, 2.75) is 6.54 Å². The van der Waals surface area contributed by atoms with E-state index in [0.717, 1.165) is 16.9 Å². The lowest BCUT2D eigenvalue weighted by Gasteiger charge is -2.07. The summed E-state index contributed by atoms with van der Waals surface area (Å²) in [6, 6.07) is 11.1. The first-order chi connectivity index (χ1) is 8.69. The van der Waals surface area contributed by atoms with E-state index in [-0.39, 0.29) is 5.69 Å². The lowest BCUT2D eigenvalue weighted by molar-refractivity contribution is 0.0995. The number of benzene rings is 1. The van der Waals surface area contributed by atoms with Crippen LogP contribution in [-0.4, -0.2) is 10.9 Å². The number of nitrogens with zero attached hydrogens (tertiary/aromatic N) is 1. The van der Waals surface area contributed by atoms with E-state index in [1.165, 1.54) is 6.20 Å². The van der Waals surface area contributed by atoms with Gasteiger partial charge in [0.25, 0.3) is 5.91 Å². The van der Waals surface area contributed by atoms with Crippen molar-refractivity contribution in [1.29, 1.82) is 0 Å². The Morgan fingerprint density at radius 3 is 2.50 bits per heavy atom. The SMILES string of the molecule is NCc1ccc(Nc2ccnc(C(N)=O)c2)cc1. The smallest absolute Gasteiger partial charge is 0.267 e. The minimum absolute atomic E-state index is 0.235. The number of hydrogen-bond acceptors (Lipinski definition) is 4. The maximum Gasteiger partial charge on any atom is 0.267 e. The van der Waals surface area contributed by atoms with E-state index in [1.807, 2.05) is 24.3 Å². The number of nitrogens with two attached hydrogens (primary N) is 2. The van der Waals surface area contributed by atoms with Gasteiger partial charge in [-0.1, -0.05) is 12.1 Å². The molecule has 5 heteroatoms. The molecule has 0 aliphatic heterocycles. The van der Waals surface area contributed by atoms with E-state index >= 15 is 0 Å². The number of rotatable bonds is 4. The van der Waals surface area contributed by atoms with Crippen molar-refractivity contribution in [2.24, 2.45) is 11.5 Å². The van der Waals surface area contributed by atoms with Crippen molar-refractivity contribution in [2.75, 3.05) is 5.32 Å². The van der Waals surface area contributed by atoms with E-state index in [2.05, 4.69) is 10.3 Å². The van der Waals surface area contributed by atoms with E-state index in [9.17, 15) is 4.79 Å². The Bertz CT molecular complexity index is 551. The van der Waals surface area contributed by atoms with E-state index in [1.54, 1.807) is 12.1 Å². The molecule has 0 saturated carbocycles. The zero-order chi connectivity index (χ0) is 13.0. The summed E-state index contributed by atoms with van der Waals surface area (Å²) in [5.41, 5.74) is 13.7. The molecule has 0 fully saturated rings. The highest BCUT2D eigenvalue weighted by Gasteiger charge is 2.03. The summed E-state index contributed by atoms with van der Waals surface area (Å²) < 4.78 is 0. The number of aromatic nitrogens is 1. The second kappa shape index (κ2) is 5.29. The standard InChI is InChI=1S/C13H14N4O/c14-8-9-1-3-10(4-2-9)17-11-5-6-16-12(7-11)13(15)18/h1-7H,8,14H2,(H2,15,18)(H,16,17). The molecule has 5 nitrogen and oxygen atoms in total. The summed E-state index contributed by atoms with van der Waals surface area (Å²) in [5.74, 6) is -0.544. The minimum atomic E-state index is -0.544. The monoisotopic (exact) mass is 242 g/mol. The molecule has 92 valence electrons. The third-order valence-corrected chi connectivity index (χ3v) is 2.49. The average Bonchev–Trinajstić information content (AvgIpc) is 2.40. The number of carbonyl (C=O) groups is 1. The third kappa shape index (κ3) is 2.83. The van der Waals surface area contributed by atoms with Crippen LogP contribution >= 0.6 is 0 Å². The first-order valence-corrected chi connectivity index (χ1v) is 5.51. The predicted molar refractivity (Wildman–Crippen MR) is 70.4 cm³/mol. The Morgan fingerprint density at radius 2 is 1.89 bits per heavy atom. The van der Waals surface area contributed by atoms with Crippen molar-refractivity contribution >= 4 is 17.3 Å². The summed E-state index contributed by atoms with van der Waals surface area (Å²) in [7, 11) is 0. The predicted octanol–water partition coefficient (Wildman–Crippen LogP) is 1.38. The number of hydrogen-bond donors (Lipinski definition) is 3. The van der Waals surface area contributed by atoms with Gasteiger partial charge in [-0.25, -0.2) is 0 Å². The second-order valence-corrected chi connectivity index (χ2v) is 3.82. The Balaban J connectivity index is 2.17. The summed E-state index contributed by atoms with van der Waals surface area (Å²) in [6.45, 7) is 0.515. The molecule has 0 unspecified atom stereocenters. The van der Waals surface area contributed by atoms with Crippen LogP contribution in [0.1, 0.15) is 16.1 Å². The van der Waals surface area contributed by atoms with E-state index in [0.29, 0.717) is 6.54 Å². The molecular formula is C13H14N4O. The molecule has 0 spiro atoms. The fourth-order valence-electron chi connectivity index (χ4n) is 1.53. The fraction of sp³-hybridized carbons (Fsp3) is 0.0769. The third-order valence-electron chi connectivity index (χ3n) is 2.49. The van der Waals surface area contributed by atoms with Gasteiger partial charge in [0.2, 0.25) is 0 Å². The van der Waals surface area contributed by atoms with Crippen molar-refractivity contribution in [3.8, 4) is 0 Å². The van der Waals surface area contributed by atoms with Gasteiger partial charge in [0, 0.05) is 24.1 Å². The molecule has 18 heavy (non-hydrogen) atoms. The molecule has 0 bridgehead atoms. The molecule has 0 atom stereocenters. The van der Waals surface area contributed by atoms with Crippen LogP contribution in [0.2, 0.25) is 0 Å². The Hall–Kier alpha value is -2.40. The van der Waals surface area contributed by atoms with Crippen LogP contribution in [0.5, 0.6) is 0 Å². The Kier molecular flexibility index (Phi) is 3.54. The zero-order valence-corrected chi connectivity index (χ0v) is 9.76. The topological polar surface area (TPSA) is 94.0 Å². The maximum atomic E-state index is 11.0. The number of carbonyl (C=O) groups excluding carboxylic acids is 1. The second-order valence-electron chi connectivity index (χ2n) is 3.82. The maximum absolute atomic E-state index is 11.0. The van der Waals surface area contributed by atoms with Gasteiger partial charge in [0.15, 0.2) is 0 Å². The van der Waals surface area contributed by atoms with Gasteiger partial charge >= 0.3 is 0 Å². The molecule has 1 amide bonds. The van der Waals surface area contributed by atoms with Crippen LogP contribution in [-0.2, 0) is 6.54 Å². The van der Waals surface area contributed by atoms with Gasteiger partial charge in [-0.15, -0.1) is 0 Å². The van der Waals surface area contributed by atoms with Crippen LogP contribution < -0.4 is 16.8 Å². The molecule has 0 aliphatic carbocycles. The number of anilines is 2. The van der Waals surface area contributed by atoms with Crippen molar-refractivity contribution in [1.82, 2.24) is 4.98 Å². The van der Waals surface area contributed by atoms with Crippen LogP contribution in [0.25, 0.3) is 0 Å². The highest BCUT2D eigenvalue weighted by atomic mass is 16.1. The molecule has 0 radical (unpaired) electrons. The normalized spacial score (nSPS) is 10.1. The molecule has 5 N–H and O–H groups in total. The summed E-state index contributed by atoms with van der Waals surface area (Å²) in [6.07, 6.45) is 1.54. The van der Waals surface area contributed by atoms with Crippen molar-refractivity contribution < 1.29 is 4.79 Å². The summed E-state index contributed by atoms with van der Waals surface area (Å²) in [5, 5.41) is 3.16. The lowest BCUT2D eigenvalue weighted by atomic mass is 10.2. The first-order valence-electron chi connectivity index (χ1n) is 5.51. The Labute approximate surface area is 105 Å². The molecule has 0 aliphatic rings. The summed E-state index contributed by atoms with van der Waals surface area (Å²) >= 11 is 0. The minimum Gasteiger partial charge on any atom is -0.364 e. The largest absolute Gasteiger partial charge is 0.364 e. The van der Waals surface area contributed by atoms with Crippen LogP contribution in [0.15, 0.2) is 42.6 Å².